The molecule has 0 saturated carbocycles. The third kappa shape index (κ3) is 7.00. The van der Waals surface area contributed by atoms with Crippen LogP contribution in [0.5, 0.6) is 23.0 Å². The van der Waals surface area contributed by atoms with Gasteiger partial charge in [0.2, 0.25) is 6.79 Å². The van der Waals surface area contributed by atoms with E-state index < -0.39 is 11.9 Å². The second-order valence-electron chi connectivity index (χ2n) is 8.11. The third-order valence-corrected chi connectivity index (χ3v) is 5.84. The average Bonchev–Trinajstić information content (AvgIpc) is 3.30. The predicted molar refractivity (Wildman–Crippen MR) is 141 cm³/mol. The van der Waals surface area contributed by atoms with E-state index >= 15 is 0 Å². The molecule has 35 heavy (non-hydrogen) atoms. The number of fused-ring (bicyclic) bond motifs is 1. The molecule has 0 fully saturated rings. The van der Waals surface area contributed by atoms with Crippen LogP contribution in [0.15, 0.2) is 35.4 Å². The quantitative estimate of drug-likeness (QED) is 0.230. The van der Waals surface area contributed by atoms with Crippen LogP contribution in [0.2, 0.25) is 0 Å². The first-order valence-corrected chi connectivity index (χ1v) is 12.5. The molecule has 2 aromatic carbocycles. The van der Waals surface area contributed by atoms with E-state index in [0.717, 1.165) is 15.6 Å². The Kier molecular flexibility index (Phi) is 9.58. The van der Waals surface area contributed by atoms with Gasteiger partial charge in [-0.1, -0.05) is 20.8 Å². The van der Waals surface area contributed by atoms with Crippen molar-refractivity contribution in [2.45, 2.75) is 40.2 Å². The number of halogens is 1. The van der Waals surface area contributed by atoms with Gasteiger partial charge in [0.15, 0.2) is 23.0 Å². The fourth-order valence-electron chi connectivity index (χ4n) is 3.31. The Bertz CT molecular complexity index is 1090. The lowest BCUT2D eigenvalue weighted by Crippen LogP contribution is -2.48. The summed E-state index contributed by atoms with van der Waals surface area (Å²) in [5.41, 5.74) is 3.65. The summed E-state index contributed by atoms with van der Waals surface area (Å²) in [5, 5.41) is 6.87. The highest BCUT2D eigenvalue weighted by Gasteiger charge is 2.25. The Labute approximate surface area is 218 Å². The van der Waals surface area contributed by atoms with Gasteiger partial charge in [-0.05, 0) is 77.7 Å². The normalized spacial score (nSPS) is 13.1. The van der Waals surface area contributed by atoms with Gasteiger partial charge in [0.05, 0.1) is 23.0 Å². The van der Waals surface area contributed by atoms with Crippen LogP contribution >= 0.6 is 22.6 Å². The van der Waals surface area contributed by atoms with E-state index in [4.69, 9.17) is 18.9 Å². The molecule has 0 spiro atoms. The number of carbonyl (C=O) groups is 2. The van der Waals surface area contributed by atoms with E-state index in [0.29, 0.717) is 41.8 Å². The fourth-order valence-corrected chi connectivity index (χ4v) is 4.09. The number of rotatable bonds is 11. The molecule has 2 aromatic rings. The minimum Gasteiger partial charge on any atom is -0.490 e. The smallest absolute Gasteiger partial charge is 0.262 e. The first-order chi connectivity index (χ1) is 16.8. The van der Waals surface area contributed by atoms with Crippen molar-refractivity contribution in [3.8, 4) is 23.0 Å². The van der Waals surface area contributed by atoms with Gasteiger partial charge in [-0.25, -0.2) is 5.43 Å². The molecular formula is C25H30IN3O6. The maximum absolute atomic E-state index is 12.8. The number of hydrogen-bond donors (Lipinski definition) is 2. The standard InChI is InChI=1S/C25H30IN3O6/c1-5-9-33-23-18(26)10-16(11-21(23)32-6-2)13-27-29-25(31)22(15(3)4)28-24(30)17-7-8-19-20(12-17)35-14-34-19/h7-8,10-13,15,22H,5-6,9,14H2,1-4H3,(H,28,30)(H,29,31). The van der Waals surface area contributed by atoms with Crippen LogP contribution in [0.25, 0.3) is 0 Å². The summed E-state index contributed by atoms with van der Waals surface area (Å²) in [4.78, 5) is 25.6. The molecule has 2 N–H and O–H groups in total. The topological polar surface area (TPSA) is 107 Å². The molecule has 0 radical (unpaired) electrons. The Morgan fingerprint density at radius 2 is 1.91 bits per heavy atom. The van der Waals surface area contributed by atoms with Crippen LogP contribution in [0, 0.1) is 9.49 Å². The minimum atomic E-state index is -0.783. The number of hydrogen-bond acceptors (Lipinski definition) is 7. The second-order valence-corrected chi connectivity index (χ2v) is 9.27. The van der Waals surface area contributed by atoms with Crippen molar-refractivity contribution in [3.63, 3.8) is 0 Å². The Morgan fingerprint density at radius 1 is 1.14 bits per heavy atom. The molecule has 3 rings (SSSR count). The molecule has 1 aliphatic rings. The largest absolute Gasteiger partial charge is 0.490 e. The van der Waals surface area contributed by atoms with Crippen molar-refractivity contribution in [3.05, 3.63) is 45.0 Å². The maximum atomic E-state index is 12.8. The molecule has 9 nitrogen and oxygen atoms in total. The highest BCUT2D eigenvalue weighted by molar-refractivity contribution is 14.1. The molecule has 1 heterocycles. The number of benzene rings is 2. The zero-order valence-electron chi connectivity index (χ0n) is 20.2. The monoisotopic (exact) mass is 595 g/mol. The van der Waals surface area contributed by atoms with E-state index in [2.05, 4.69) is 38.4 Å². The Hall–Kier alpha value is -3.02. The van der Waals surface area contributed by atoms with E-state index in [1.54, 1.807) is 18.2 Å². The van der Waals surface area contributed by atoms with E-state index in [-0.39, 0.29) is 18.6 Å². The summed E-state index contributed by atoms with van der Waals surface area (Å²) in [6.07, 6.45) is 2.42. The number of nitrogens with zero attached hydrogens (tertiary/aromatic N) is 1. The van der Waals surface area contributed by atoms with Crippen molar-refractivity contribution < 1.29 is 28.5 Å². The molecule has 1 unspecified atom stereocenters. The van der Waals surface area contributed by atoms with Crippen molar-refractivity contribution in [2.75, 3.05) is 20.0 Å². The zero-order valence-corrected chi connectivity index (χ0v) is 22.4. The van der Waals surface area contributed by atoms with Gasteiger partial charge in [-0.3, -0.25) is 9.59 Å². The Balaban J connectivity index is 1.67. The van der Waals surface area contributed by atoms with Gasteiger partial charge in [-0.2, -0.15) is 5.10 Å². The molecule has 10 heteroatoms. The van der Waals surface area contributed by atoms with Gasteiger partial charge in [0.25, 0.3) is 11.8 Å². The molecule has 1 atom stereocenters. The maximum Gasteiger partial charge on any atom is 0.262 e. The van der Waals surface area contributed by atoms with Crippen LogP contribution in [0.1, 0.15) is 50.0 Å². The number of hydrazone groups is 1. The second kappa shape index (κ2) is 12.6. The molecule has 0 aromatic heterocycles. The molecule has 2 amide bonds. The number of ether oxygens (including phenoxy) is 4. The predicted octanol–water partition coefficient (Wildman–Crippen LogP) is 4.11. The first-order valence-electron chi connectivity index (χ1n) is 11.5. The molecule has 1 aliphatic heterocycles. The summed E-state index contributed by atoms with van der Waals surface area (Å²) in [6, 6.07) is 7.81. The highest BCUT2D eigenvalue weighted by atomic mass is 127. The summed E-state index contributed by atoms with van der Waals surface area (Å²) < 4.78 is 23.0. The fraction of sp³-hybridized carbons (Fsp3) is 0.400. The van der Waals surface area contributed by atoms with E-state index in [9.17, 15) is 9.59 Å². The van der Waals surface area contributed by atoms with Crippen LogP contribution in [-0.4, -0.2) is 44.1 Å². The molecule has 0 saturated heterocycles. The summed E-state index contributed by atoms with van der Waals surface area (Å²) in [6.45, 7) is 8.84. The van der Waals surface area contributed by atoms with Crippen LogP contribution in [-0.2, 0) is 4.79 Å². The first kappa shape index (κ1) is 26.6. The number of nitrogens with one attached hydrogen (secondary N) is 2. The van der Waals surface area contributed by atoms with Gasteiger partial charge in [0, 0.05) is 5.56 Å². The van der Waals surface area contributed by atoms with Crippen molar-refractivity contribution >= 4 is 40.6 Å². The van der Waals surface area contributed by atoms with Crippen LogP contribution < -0.4 is 29.7 Å². The Morgan fingerprint density at radius 3 is 2.63 bits per heavy atom. The third-order valence-electron chi connectivity index (χ3n) is 5.04. The van der Waals surface area contributed by atoms with Crippen molar-refractivity contribution in [1.82, 2.24) is 10.7 Å². The van der Waals surface area contributed by atoms with Gasteiger partial charge >= 0.3 is 0 Å². The highest BCUT2D eigenvalue weighted by Crippen LogP contribution is 2.34. The summed E-state index contributed by atoms with van der Waals surface area (Å²) in [7, 11) is 0. The lowest BCUT2D eigenvalue weighted by atomic mass is 10.0. The summed E-state index contributed by atoms with van der Waals surface area (Å²) in [5.74, 6) is 1.43. The molecule has 0 aliphatic carbocycles. The molecule has 188 valence electrons. The zero-order chi connectivity index (χ0) is 25.4. The number of carbonyl (C=O) groups excluding carboxylic acids is 2. The van der Waals surface area contributed by atoms with E-state index in [1.165, 1.54) is 6.21 Å². The van der Waals surface area contributed by atoms with Crippen molar-refractivity contribution in [1.29, 1.82) is 0 Å². The van der Waals surface area contributed by atoms with Gasteiger partial charge < -0.3 is 24.3 Å². The lowest BCUT2D eigenvalue weighted by molar-refractivity contribution is -0.123. The summed E-state index contributed by atoms with van der Waals surface area (Å²) >= 11 is 2.19. The lowest BCUT2D eigenvalue weighted by Gasteiger charge is -2.20. The average molecular weight is 595 g/mol. The van der Waals surface area contributed by atoms with Crippen LogP contribution in [0.4, 0.5) is 0 Å². The van der Waals surface area contributed by atoms with Crippen LogP contribution in [0.3, 0.4) is 0 Å². The van der Waals surface area contributed by atoms with Gasteiger partial charge in [-0.15, -0.1) is 0 Å². The number of amides is 2. The van der Waals surface area contributed by atoms with Crippen molar-refractivity contribution in [2.24, 2.45) is 11.0 Å². The molecule has 0 bridgehead atoms. The van der Waals surface area contributed by atoms with E-state index in [1.807, 2.05) is 39.8 Å². The SMILES string of the molecule is CCCOc1c(I)cc(C=NNC(=O)C(NC(=O)c2ccc3c(c2)OCO3)C(C)C)cc1OCC. The molecular weight excluding hydrogens is 565 g/mol. The minimum absolute atomic E-state index is 0.120. The van der Waals surface area contributed by atoms with Gasteiger partial charge in [0.1, 0.15) is 6.04 Å².